The van der Waals surface area contributed by atoms with Crippen LogP contribution < -0.4 is 5.32 Å². The van der Waals surface area contributed by atoms with Gasteiger partial charge in [-0.25, -0.2) is 14.8 Å². The molecule has 2 N–H and O–H groups in total. The van der Waals surface area contributed by atoms with Crippen molar-refractivity contribution in [3.05, 3.63) is 47.9 Å². The van der Waals surface area contributed by atoms with Gasteiger partial charge < -0.3 is 14.8 Å². The van der Waals surface area contributed by atoms with Crippen molar-refractivity contribution in [1.29, 1.82) is 0 Å². The van der Waals surface area contributed by atoms with Crippen LogP contribution in [0.2, 0.25) is 0 Å². The Hall–Kier alpha value is -2.21. The van der Waals surface area contributed by atoms with Crippen LogP contribution in [0.5, 0.6) is 0 Å². The summed E-state index contributed by atoms with van der Waals surface area (Å²) in [5.41, 5.74) is 0.635. The van der Waals surface area contributed by atoms with Crippen LogP contribution in [0.1, 0.15) is 35.2 Å². The Morgan fingerprint density at radius 2 is 2.40 bits per heavy atom. The van der Waals surface area contributed by atoms with E-state index in [2.05, 4.69) is 15.3 Å². The summed E-state index contributed by atoms with van der Waals surface area (Å²) in [5.74, 6) is -0.0578. The number of carbonyl (C=O) groups is 1. The number of hydrogen-bond donors (Lipinski definition) is 2. The van der Waals surface area contributed by atoms with Crippen molar-refractivity contribution in [2.24, 2.45) is 0 Å². The van der Waals surface area contributed by atoms with Crippen molar-refractivity contribution >= 4 is 5.97 Å². The molecule has 0 aromatic carbocycles. The fourth-order valence-corrected chi connectivity index (χ4v) is 1.86. The molecule has 2 heterocycles. The minimum atomic E-state index is -1.01. The second-order valence-electron chi connectivity index (χ2n) is 4.59. The molecule has 0 saturated heterocycles. The Balaban J connectivity index is 1.84. The molecule has 0 bridgehead atoms. The molecule has 1 atom stereocenters. The van der Waals surface area contributed by atoms with Crippen LogP contribution in [-0.4, -0.2) is 27.1 Å². The van der Waals surface area contributed by atoms with E-state index in [9.17, 15) is 4.79 Å². The summed E-state index contributed by atoms with van der Waals surface area (Å²) >= 11 is 0. The molecule has 0 spiro atoms. The number of hydrogen-bond acceptors (Lipinski definition) is 5. The molecule has 2 rings (SSSR count). The lowest BCUT2D eigenvalue weighted by molar-refractivity contribution is 0.0694. The van der Waals surface area contributed by atoms with Gasteiger partial charge in [0.25, 0.3) is 0 Å². The molecule has 0 fully saturated rings. The summed E-state index contributed by atoms with van der Waals surface area (Å²) in [6.45, 7) is 2.45. The van der Waals surface area contributed by atoms with Crippen LogP contribution in [0, 0.1) is 0 Å². The highest BCUT2D eigenvalue weighted by Gasteiger charge is 2.12. The van der Waals surface area contributed by atoms with E-state index in [0.29, 0.717) is 12.2 Å². The number of nitrogens with one attached hydrogen (secondary N) is 1. The molecule has 2 aromatic rings. The Kier molecular flexibility index (Phi) is 4.84. The van der Waals surface area contributed by atoms with E-state index in [4.69, 9.17) is 9.52 Å². The Morgan fingerprint density at radius 3 is 3.10 bits per heavy atom. The first-order valence-electron chi connectivity index (χ1n) is 6.44. The van der Waals surface area contributed by atoms with Crippen LogP contribution in [-0.2, 0) is 13.0 Å². The molecule has 0 amide bonds. The number of aromatic nitrogens is 2. The normalized spacial score (nSPS) is 12.2. The van der Waals surface area contributed by atoms with Gasteiger partial charge in [-0.3, -0.25) is 0 Å². The first-order valence-corrected chi connectivity index (χ1v) is 6.44. The van der Waals surface area contributed by atoms with Crippen molar-refractivity contribution in [2.45, 2.75) is 32.4 Å². The lowest BCUT2D eigenvalue weighted by Crippen LogP contribution is -2.27. The molecule has 2 aromatic heterocycles. The Bertz CT molecular complexity index is 555. The van der Waals surface area contributed by atoms with Gasteiger partial charge in [0.2, 0.25) is 0 Å². The van der Waals surface area contributed by atoms with Crippen molar-refractivity contribution in [1.82, 2.24) is 15.3 Å². The monoisotopic (exact) mass is 275 g/mol. The van der Waals surface area contributed by atoms with Gasteiger partial charge in [0.15, 0.2) is 0 Å². The first-order chi connectivity index (χ1) is 9.66. The fraction of sp³-hybridized carbons (Fsp3) is 0.357. The number of aromatic carboxylic acids is 1. The summed E-state index contributed by atoms with van der Waals surface area (Å²) < 4.78 is 5.27. The van der Waals surface area contributed by atoms with Gasteiger partial charge in [0.1, 0.15) is 17.7 Å². The average molecular weight is 275 g/mol. The second-order valence-corrected chi connectivity index (χ2v) is 4.59. The smallest absolute Gasteiger partial charge is 0.339 e. The summed E-state index contributed by atoms with van der Waals surface area (Å²) in [4.78, 5) is 18.8. The molecule has 20 heavy (non-hydrogen) atoms. The van der Waals surface area contributed by atoms with Crippen molar-refractivity contribution in [3.8, 4) is 0 Å². The van der Waals surface area contributed by atoms with Gasteiger partial charge in [0, 0.05) is 25.2 Å². The highest BCUT2D eigenvalue weighted by atomic mass is 16.4. The summed E-state index contributed by atoms with van der Waals surface area (Å²) in [5, 5.41) is 12.3. The highest BCUT2D eigenvalue weighted by Crippen LogP contribution is 2.07. The van der Waals surface area contributed by atoms with E-state index in [1.54, 1.807) is 6.26 Å². The molecule has 0 saturated carbocycles. The molecule has 106 valence electrons. The average Bonchev–Trinajstić information content (AvgIpc) is 2.96. The Morgan fingerprint density at radius 1 is 1.55 bits per heavy atom. The predicted octanol–water partition coefficient (Wildman–Crippen LogP) is 1.88. The number of aryl methyl sites for hydroxylation is 1. The highest BCUT2D eigenvalue weighted by molar-refractivity contribution is 5.88. The van der Waals surface area contributed by atoms with Crippen LogP contribution >= 0.6 is 0 Å². The van der Waals surface area contributed by atoms with Crippen LogP contribution in [0.15, 0.2) is 35.3 Å². The van der Waals surface area contributed by atoms with E-state index < -0.39 is 5.97 Å². The number of furan rings is 1. The first kappa shape index (κ1) is 14.2. The zero-order valence-electron chi connectivity index (χ0n) is 11.2. The van der Waals surface area contributed by atoms with Crippen LogP contribution in [0.4, 0.5) is 0 Å². The van der Waals surface area contributed by atoms with Gasteiger partial charge >= 0.3 is 5.97 Å². The third kappa shape index (κ3) is 3.89. The SMILES string of the molecule is CC(CCc1ccco1)NCc1ncncc1C(=O)O. The van der Waals surface area contributed by atoms with E-state index >= 15 is 0 Å². The Labute approximate surface area is 116 Å². The largest absolute Gasteiger partial charge is 0.478 e. The lowest BCUT2D eigenvalue weighted by atomic mass is 10.1. The third-order valence-electron chi connectivity index (χ3n) is 3.05. The van der Waals surface area contributed by atoms with Crippen molar-refractivity contribution in [3.63, 3.8) is 0 Å². The zero-order valence-corrected chi connectivity index (χ0v) is 11.2. The van der Waals surface area contributed by atoms with Crippen LogP contribution in [0.3, 0.4) is 0 Å². The number of carboxylic acids is 1. The molecule has 6 nitrogen and oxygen atoms in total. The molecule has 0 aliphatic carbocycles. The summed E-state index contributed by atoms with van der Waals surface area (Å²) in [7, 11) is 0. The summed E-state index contributed by atoms with van der Waals surface area (Å²) in [6, 6.07) is 4.05. The van der Waals surface area contributed by atoms with E-state index in [-0.39, 0.29) is 11.6 Å². The maximum Gasteiger partial charge on any atom is 0.339 e. The molecule has 1 unspecified atom stereocenters. The van der Waals surface area contributed by atoms with E-state index in [1.165, 1.54) is 12.5 Å². The second kappa shape index (κ2) is 6.81. The van der Waals surface area contributed by atoms with Gasteiger partial charge in [-0.05, 0) is 25.5 Å². The van der Waals surface area contributed by atoms with Crippen molar-refractivity contribution in [2.75, 3.05) is 0 Å². The van der Waals surface area contributed by atoms with E-state index in [1.807, 2.05) is 19.1 Å². The van der Waals surface area contributed by atoms with Gasteiger partial charge in [-0.15, -0.1) is 0 Å². The number of carboxylic acid groups (broad SMARTS) is 1. The van der Waals surface area contributed by atoms with Crippen molar-refractivity contribution < 1.29 is 14.3 Å². The third-order valence-corrected chi connectivity index (χ3v) is 3.05. The molecule has 0 aliphatic rings. The molecule has 0 aliphatic heterocycles. The lowest BCUT2D eigenvalue weighted by Gasteiger charge is -2.13. The fourth-order valence-electron chi connectivity index (χ4n) is 1.86. The molecular weight excluding hydrogens is 258 g/mol. The van der Waals surface area contributed by atoms with Gasteiger partial charge in [-0.1, -0.05) is 0 Å². The van der Waals surface area contributed by atoms with E-state index in [0.717, 1.165) is 18.6 Å². The number of nitrogens with zero attached hydrogens (tertiary/aromatic N) is 2. The number of rotatable bonds is 7. The maximum absolute atomic E-state index is 11.0. The topological polar surface area (TPSA) is 88.3 Å². The minimum absolute atomic E-state index is 0.137. The molecule has 0 radical (unpaired) electrons. The molecular formula is C14H17N3O3. The minimum Gasteiger partial charge on any atom is -0.478 e. The standard InChI is InChI=1S/C14H17N3O3/c1-10(4-5-11-3-2-6-20-11)16-8-13-12(14(18)19)7-15-9-17-13/h2-3,6-7,9-10,16H,4-5,8H2,1H3,(H,18,19). The van der Waals surface area contributed by atoms with Gasteiger partial charge in [-0.2, -0.15) is 0 Å². The summed E-state index contributed by atoms with van der Waals surface area (Å²) in [6.07, 6.45) is 6.09. The zero-order chi connectivity index (χ0) is 14.4. The predicted molar refractivity (Wildman–Crippen MR) is 72.3 cm³/mol. The molecule has 6 heteroatoms. The van der Waals surface area contributed by atoms with Crippen LogP contribution in [0.25, 0.3) is 0 Å². The van der Waals surface area contributed by atoms with Gasteiger partial charge in [0.05, 0.1) is 12.0 Å². The quantitative estimate of drug-likeness (QED) is 0.802. The maximum atomic E-state index is 11.0.